The summed E-state index contributed by atoms with van der Waals surface area (Å²) in [5.74, 6) is 1.14. The number of thiocarbonyl (C=S) groups is 1. The number of rotatable bonds is 7. The highest BCUT2D eigenvalue weighted by Crippen LogP contribution is 2.45. The highest BCUT2D eigenvalue weighted by molar-refractivity contribution is 7.99. The third-order valence-corrected chi connectivity index (χ3v) is 7.91. The molecule has 40 heavy (non-hydrogen) atoms. The van der Waals surface area contributed by atoms with Crippen LogP contribution in [-0.2, 0) is 4.79 Å². The lowest BCUT2D eigenvalue weighted by Gasteiger charge is -2.27. The van der Waals surface area contributed by atoms with Crippen LogP contribution in [0.5, 0.6) is 5.75 Å². The van der Waals surface area contributed by atoms with Crippen molar-refractivity contribution in [1.29, 1.82) is 0 Å². The van der Waals surface area contributed by atoms with Crippen molar-refractivity contribution in [3.05, 3.63) is 95.5 Å². The van der Waals surface area contributed by atoms with Gasteiger partial charge < -0.3 is 24.7 Å². The van der Waals surface area contributed by atoms with Gasteiger partial charge in [0.25, 0.3) is 0 Å². The van der Waals surface area contributed by atoms with Gasteiger partial charge in [-0.1, -0.05) is 50.2 Å². The fourth-order valence-electron chi connectivity index (χ4n) is 4.33. The van der Waals surface area contributed by atoms with Crippen LogP contribution in [0, 0.1) is 5.41 Å². The zero-order valence-corrected chi connectivity index (χ0v) is 24.9. The number of pyridine rings is 1. The van der Waals surface area contributed by atoms with Gasteiger partial charge in [-0.05, 0) is 72.9 Å². The van der Waals surface area contributed by atoms with E-state index in [4.69, 9.17) is 33.0 Å². The standard InChI is InChI=1S/C30H29ClN4O3S2/c1-30(2,3)28(36)33-21-13-10-19(17-24(21)37-4)35-27(26(34-29(35)39)22-7-5-6-16-32-22)23-14-15-25(38-23)40-20-11-8-18(31)9-12-20/h5-17,26-27H,1-4H3,(H,33,36)(H,34,39)/t26-,27-/m1/s1. The third kappa shape index (κ3) is 5.96. The number of nitrogens with one attached hydrogen (secondary N) is 2. The summed E-state index contributed by atoms with van der Waals surface area (Å²) in [4.78, 5) is 20.3. The Labute approximate surface area is 248 Å². The van der Waals surface area contributed by atoms with E-state index in [9.17, 15) is 4.79 Å². The fourth-order valence-corrected chi connectivity index (χ4v) is 5.58. The number of anilines is 2. The van der Waals surface area contributed by atoms with Gasteiger partial charge in [0.05, 0.1) is 24.5 Å². The smallest absolute Gasteiger partial charge is 0.229 e. The summed E-state index contributed by atoms with van der Waals surface area (Å²) in [6.07, 6.45) is 1.76. The van der Waals surface area contributed by atoms with Crippen LogP contribution in [-0.4, -0.2) is 23.1 Å². The zero-order valence-electron chi connectivity index (χ0n) is 22.5. The Morgan fingerprint density at radius 3 is 2.58 bits per heavy atom. The average molecular weight is 593 g/mol. The summed E-state index contributed by atoms with van der Waals surface area (Å²) in [5.41, 5.74) is 1.66. The number of methoxy groups -OCH3 is 1. The first-order valence-corrected chi connectivity index (χ1v) is 14.3. The van der Waals surface area contributed by atoms with Crippen molar-refractivity contribution in [3.63, 3.8) is 0 Å². The molecule has 2 atom stereocenters. The number of ether oxygens (including phenoxy) is 1. The Hall–Kier alpha value is -3.53. The maximum atomic E-state index is 12.6. The summed E-state index contributed by atoms with van der Waals surface area (Å²) in [5, 5.41) is 8.36. The van der Waals surface area contributed by atoms with Crippen molar-refractivity contribution in [2.24, 2.45) is 5.41 Å². The van der Waals surface area contributed by atoms with Crippen LogP contribution < -0.4 is 20.3 Å². The second kappa shape index (κ2) is 11.5. The monoisotopic (exact) mass is 592 g/mol. The van der Waals surface area contributed by atoms with E-state index in [2.05, 4.69) is 15.6 Å². The van der Waals surface area contributed by atoms with E-state index >= 15 is 0 Å². The van der Waals surface area contributed by atoms with Crippen molar-refractivity contribution in [2.75, 3.05) is 17.3 Å². The highest BCUT2D eigenvalue weighted by Gasteiger charge is 2.43. The molecule has 0 aliphatic carbocycles. The van der Waals surface area contributed by atoms with E-state index in [-0.39, 0.29) is 18.0 Å². The summed E-state index contributed by atoms with van der Waals surface area (Å²) in [6.45, 7) is 5.59. The second-order valence-corrected chi connectivity index (χ2v) is 12.2. The first kappa shape index (κ1) is 28.0. The number of carbonyl (C=O) groups is 1. The van der Waals surface area contributed by atoms with Gasteiger partial charge in [-0.15, -0.1) is 0 Å². The molecule has 2 aromatic carbocycles. The van der Waals surface area contributed by atoms with Gasteiger partial charge >= 0.3 is 0 Å². The molecule has 5 rings (SSSR count). The maximum absolute atomic E-state index is 12.6. The fraction of sp³-hybridized carbons (Fsp3) is 0.233. The van der Waals surface area contributed by atoms with Crippen LogP contribution in [0.3, 0.4) is 0 Å². The Morgan fingerprint density at radius 2 is 1.90 bits per heavy atom. The number of nitrogens with zero attached hydrogens (tertiary/aromatic N) is 2. The SMILES string of the molecule is COc1cc(N2C(=S)N[C@H](c3ccccn3)[C@H]2c2ccc(Sc3ccc(Cl)cc3)o2)ccc1NC(=O)C(C)(C)C. The Balaban J connectivity index is 1.51. The molecule has 0 unspecified atom stereocenters. The van der Waals surface area contributed by atoms with Crippen LogP contribution >= 0.6 is 35.6 Å². The van der Waals surface area contributed by atoms with E-state index in [0.29, 0.717) is 21.6 Å². The first-order valence-electron chi connectivity index (χ1n) is 12.7. The minimum absolute atomic E-state index is 0.105. The molecule has 206 valence electrons. The number of hydrogen-bond acceptors (Lipinski definition) is 6. The number of halogens is 1. The highest BCUT2D eigenvalue weighted by atomic mass is 35.5. The van der Waals surface area contributed by atoms with Crippen molar-refractivity contribution < 1.29 is 13.9 Å². The number of aromatic nitrogens is 1. The molecule has 0 spiro atoms. The summed E-state index contributed by atoms with van der Waals surface area (Å²) in [6, 6.07) is 22.4. The predicted octanol–water partition coefficient (Wildman–Crippen LogP) is 7.65. The lowest BCUT2D eigenvalue weighted by atomic mass is 9.95. The van der Waals surface area contributed by atoms with Gasteiger partial charge in [-0.3, -0.25) is 9.78 Å². The number of amides is 1. The number of benzene rings is 2. The molecule has 7 nitrogen and oxygen atoms in total. The molecule has 0 bridgehead atoms. The van der Waals surface area contributed by atoms with Crippen LogP contribution in [0.1, 0.15) is 44.3 Å². The van der Waals surface area contributed by atoms with Crippen LogP contribution in [0.2, 0.25) is 5.02 Å². The first-order chi connectivity index (χ1) is 19.1. The van der Waals surface area contributed by atoms with Crippen molar-refractivity contribution in [1.82, 2.24) is 10.3 Å². The Kier molecular flexibility index (Phi) is 8.07. The minimum atomic E-state index is -0.549. The normalized spacial score (nSPS) is 17.0. The number of furan rings is 1. The lowest BCUT2D eigenvalue weighted by Crippen LogP contribution is -2.30. The minimum Gasteiger partial charge on any atom is -0.494 e. The quantitative estimate of drug-likeness (QED) is 0.212. The molecule has 2 N–H and O–H groups in total. The number of carbonyl (C=O) groups excluding carboxylic acids is 1. The van der Waals surface area contributed by atoms with Gasteiger partial charge in [-0.2, -0.15) is 0 Å². The molecule has 1 fully saturated rings. The topological polar surface area (TPSA) is 79.6 Å². The molecule has 0 saturated carbocycles. The van der Waals surface area contributed by atoms with Crippen LogP contribution in [0.4, 0.5) is 11.4 Å². The predicted molar refractivity (Wildman–Crippen MR) is 163 cm³/mol. The maximum Gasteiger partial charge on any atom is 0.229 e. The molecule has 2 aromatic heterocycles. The summed E-state index contributed by atoms with van der Waals surface area (Å²) >= 11 is 13.4. The van der Waals surface area contributed by atoms with E-state index in [1.54, 1.807) is 13.3 Å². The molecule has 1 aliphatic heterocycles. The molecule has 10 heteroatoms. The summed E-state index contributed by atoms with van der Waals surface area (Å²) in [7, 11) is 1.58. The van der Waals surface area contributed by atoms with E-state index in [0.717, 1.165) is 27.1 Å². The molecule has 1 amide bonds. The molecule has 0 radical (unpaired) electrons. The molecular weight excluding hydrogens is 564 g/mol. The number of hydrogen-bond donors (Lipinski definition) is 2. The van der Waals surface area contributed by atoms with Gasteiger partial charge in [0, 0.05) is 33.3 Å². The van der Waals surface area contributed by atoms with Gasteiger partial charge in [0.1, 0.15) is 17.6 Å². The molecule has 4 aromatic rings. The Bertz CT molecular complexity index is 1520. The second-order valence-electron chi connectivity index (χ2n) is 10.3. The molecular formula is C30H29ClN4O3S2. The Morgan fingerprint density at radius 1 is 1.12 bits per heavy atom. The largest absolute Gasteiger partial charge is 0.494 e. The third-order valence-electron chi connectivity index (χ3n) is 6.42. The van der Waals surface area contributed by atoms with Gasteiger partial charge in [0.15, 0.2) is 10.2 Å². The van der Waals surface area contributed by atoms with Crippen LogP contribution in [0.25, 0.3) is 0 Å². The van der Waals surface area contributed by atoms with Crippen LogP contribution in [0.15, 0.2) is 93.4 Å². The van der Waals surface area contributed by atoms with E-state index < -0.39 is 5.41 Å². The van der Waals surface area contributed by atoms with E-state index in [1.807, 2.05) is 98.5 Å². The zero-order chi connectivity index (χ0) is 28.4. The average Bonchev–Trinajstić information content (AvgIpc) is 3.54. The molecule has 1 aliphatic rings. The molecule has 3 heterocycles. The lowest BCUT2D eigenvalue weighted by molar-refractivity contribution is -0.123. The van der Waals surface area contributed by atoms with Gasteiger partial charge in [-0.25, -0.2) is 0 Å². The van der Waals surface area contributed by atoms with E-state index in [1.165, 1.54) is 11.8 Å². The van der Waals surface area contributed by atoms with Crippen molar-refractivity contribution >= 4 is 58.0 Å². The summed E-state index contributed by atoms with van der Waals surface area (Å²) < 4.78 is 12.1. The van der Waals surface area contributed by atoms with Gasteiger partial charge in [0.2, 0.25) is 5.91 Å². The van der Waals surface area contributed by atoms with Crippen molar-refractivity contribution in [3.8, 4) is 5.75 Å². The van der Waals surface area contributed by atoms with Crippen molar-refractivity contribution in [2.45, 2.75) is 42.8 Å². The molecule has 1 saturated heterocycles.